The zero-order valence-electron chi connectivity index (χ0n) is 18.7. The Kier molecular flexibility index (Phi) is 7.11. The van der Waals surface area contributed by atoms with Crippen LogP contribution in [0.15, 0.2) is 60.1 Å². The molecule has 0 unspecified atom stereocenters. The molecule has 2 N–H and O–H groups in total. The van der Waals surface area contributed by atoms with Crippen molar-refractivity contribution in [1.29, 1.82) is 0 Å². The lowest BCUT2D eigenvalue weighted by molar-refractivity contribution is -0.119. The summed E-state index contributed by atoms with van der Waals surface area (Å²) in [5, 5.41) is 12.8. The number of benzene rings is 1. The van der Waals surface area contributed by atoms with Crippen molar-refractivity contribution in [2.75, 3.05) is 32.8 Å². The minimum atomic E-state index is -0.392. The third-order valence-electron chi connectivity index (χ3n) is 6.30. The van der Waals surface area contributed by atoms with Crippen molar-refractivity contribution in [1.82, 2.24) is 15.2 Å². The molecular weight excluding hydrogens is 421 g/mol. The average molecular weight is 450 g/mol. The summed E-state index contributed by atoms with van der Waals surface area (Å²) in [4.78, 5) is 33.2. The number of aliphatic hydroxyl groups excluding tert-OH is 1. The molecule has 1 atom stereocenters. The van der Waals surface area contributed by atoms with Gasteiger partial charge in [-0.25, -0.2) is 4.39 Å². The fraction of sp³-hybridized carbons (Fsp3) is 0.346. The Balaban J connectivity index is 1.91. The van der Waals surface area contributed by atoms with Crippen LogP contribution in [0.2, 0.25) is 0 Å². The number of allylic oxidation sites excluding steroid dienone is 2. The van der Waals surface area contributed by atoms with E-state index in [1.165, 1.54) is 12.3 Å². The molecule has 6 nitrogen and oxygen atoms in total. The summed E-state index contributed by atoms with van der Waals surface area (Å²) >= 11 is 0. The molecule has 2 aliphatic heterocycles. The van der Waals surface area contributed by atoms with Gasteiger partial charge in [-0.15, -0.1) is 0 Å². The van der Waals surface area contributed by atoms with Crippen LogP contribution in [0.25, 0.3) is 5.57 Å². The normalized spacial score (nSPS) is 18.8. The number of aromatic nitrogens is 1. The van der Waals surface area contributed by atoms with Gasteiger partial charge in [0.2, 0.25) is 0 Å². The summed E-state index contributed by atoms with van der Waals surface area (Å²) < 4.78 is 14.6. The zero-order chi connectivity index (χ0) is 23.4. The second kappa shape index (κ2) is 10.2. The molecule has 3 heterocycles. The van der Waals surface area contributed by atoms with Crippen molar-refractivity contribution in [3.05, 3.63) is 82.6 Å². The maximum atomic E-state index is 14.6. The Morgan fingerprint density at radius 1 is 1.27 bits per heavy atom. The van der Waals surface area contributed by atoms with Gasteiger partial charge in [-0.2, -0.15) is 0 Å². The van der Waals surface area contributed by atoms with Crippen molar-refractivity contribution >= 4 is 17.1 Å². The molecule has 4 rings (SSSR count). The second-order valence-corrected chi connectivity index (χ2v) is 8.48. The van der Waals surface area contributed by atoms with Crippen LogP contribution in [0.1, 0.15) is 34.3 Å². The van der Waals surface area contributed by atoms with Crippen LogP contribution in [-0.4, -0.2) is 59.3 Å². The number of carbonyl (C=O) groups is 2. The quantitative estimate of drug-likeness (QED) is 0.633. The number of hydrogen-bond acceptors (Lipinski definition) is 6. The van der Waals surface area contributed by atoms with Crippen molar-refractivity contribution < 1.29 is 19.1 Å². The van der Waals surface area contributed by atoms with Gasteiger partial charge in [0.25, 0.3) is 0 Å². The third kappa shape index (κ3) is 4.79. The molecule has 1 saturated heterocycles. The number of carbonyl (C=O) groups excluding carboxylic acids is 2. The Morgan fingerprint density at radius 2 is 2.12 bits per heavy atom. The molecule has 0 saturated carbocycles. The maximum Gasteiger partial charge on any atom is 0.192 e. The first-order chi connectivity index (χ1) is 16.0. The SMILES string of the molecule is Cc1c(F)cccc1C1=C(C(=O)c2cccnc2)CN(CCO)C=C1C(=O)[C@H]1CCCNC1. The van der Waals surface area contributed by atoms with Gasteiger partial charge in [-0.3, -0.25) is 14.6 Å². The highest BCUT2D eigenvalue weighted by molar-refractivity contribution is 6.21. The van der Waals surface area contributed by atoms with E-state index in [2.05, 4.69) is 10.3 Å². The van der Waals surface area contributed by atoms with E-state index in [0.29, 0.717) is 40.0 Å². The van der Waals surface area contributed by atoms with Gasteiger partial charge in [0.1, 0.15) is 5.82 Å². The molecule has 1 fully saturated rings. The topological polar surface area (TPSA) is 82.5 Å². The summed E-state index contributed by atoms with van der Waals surface area (Å²) in [6.07, 6.45) is 6.46. The highest BCUT2D eigenvalue weighted by atomic mass is 19.1. The van der Waals surface area contributed by atoms with Gasteiger partial charge in [-0.1, -0.05) is 12.1 Å². The van der Waals surface area contributed by atoms with Crippen LogP contribution in [0.5, 0.6) is 0 Å². The van der Waals surface area contributed by atoms with Crippen LogP contribution in [0.3, 0.4) is 0 Å². The standard InChI is InChI=1S/C26H28FN3O3/c1-17-20(7-2-8-23(17)27)24-21(25(32)18-5-3-9-28-13-18)15-30(11-12-31)16-22(24)26(33)19-6-4-10-29-14-19/h2-3,5,7-9,13,16,19,29,31H,4,6,10-12,14-15H2,1H3/t19-/m0/s1. The van der Waals surface area contributed by atoms with E-state index in [-0.39, 0.29) is 37.2 Å². The summed E-state index contributed by atoms with van der Waals surface area (Å²) in [6, 6.07) is 8.09. The second-order valence-electron chi connectivity index (χ2n) is 8.48. The highest BCUT2D eigenvalue weighted by Crippen LogP contribution is 2.37. The van der Waals surface area contributed by atoms with Crippen LogP contribution in [0, 0.1) is 18.7 Å². The number of hydrogen-bond donors (Lipinski definition) is 2. The van der Waals surface area contributed by atoms with Gasteiger partial charge in [0.15, 0.2) is 11.6 Å². The van der Waals surface area contributed by atoms with E-state index in [1.54, 1.807) is 48.5 Å². The number of nitrogens with one attached hydrogen (secondary N) is 1. The molecule has 2 aliphatic rings. The lowest BCUT2D eigenvalue weighted by Crippen LogP contribution is -2.38. The fourth-order valence-corrected chi connectivity index (χ4v) is 4.53. The number of pyridine rings is 1. The Hall–Kier alpha value is -3.16. The summed E-state index contributed by atoms with van der Waals surface area (Å²) in [5.41, 5.74) is 2.60. The Bertz CT molecular complexity index is 1110. The molecule has 172 valence electrons. The first-order valence-electron chi connectivity index (χ1n) is 11.3. The smallest absolute Gasteiger partial charge is 0.192 e. The minimum Gasteiger partial charge on any atom is -0.395 e. The van der Waals surface area contributed by atoms with Crippen LogP contribution < -0.4 is 5.32 Å². The molecule has 0 radical (unpaired) electrons. The van der Waals surface area contributed by atoms with Crippen molar-refractivity contribution in [3.63, 3.8) is 0 Å². The van der Waals surface area contributed by atoms with Crippen LogP contribution in [-0.2, 0) is 4.79 Å². The van der Waals surface area contributed by atoms with Gasteiger partial charge in [-0.05, 0) is 55.6 Å². The number of β-amino-alcohol motifs (C(OH)–C–C–N with tert-alkyl or cyclic N) is 1. The largest absolute Gasteiger partial charge is 0.395 e. The number of piperidine rings is 1. The molecule has 2 aromatic rings. The molecule has 0 amide bonds. The number of aliphatic hydroxyl groups is 1. The minimum absolute atomic E-state index is 0.0695. The average Bonchev–Trinajstić information content (AvgIpc) is 2.86. The van der Waals surface area contributed by atoms with Crippen LogP contribution in [0.4, 0.5) is 4.39 Å². The van der Waals surface area contributed by atoms with Crippen molar-refractivity contribution in [2.45, 2.75) is 19.8 Å². The number of halogens is 1. The van der Waals surface area contributed by atoms with Gasteiger partial charge in [0, 0.05) is 66.4 Å². The Morgan fingerprint density at radius 3 is 2.82 bits per heavy atom. The van der Waals surface area contributed by atoms with Crippen molar-refractivity contribution in [2.24, 2.45) is 5.92 Å². The van der Waals surface area contributed by atoms with E-state index in [0.717, 1.165) is 19.4 Å². The fourth-order valence-electron chi connectivity index (χ4n) is 4.53. The summed E-state index contributed by atoms with van der Waals surface area (Å²) in [7, 11) is 0. The van der Waals surface area contributed by atoms with E-state index in [4.69, 9.17) is 0 Å². The van der Waals surface area contributed by atoms with E-state index < -0.39 is 5.82 Å². The molecule has 0 spiro atoms. The predicted molar refractivity (Wildman–Crippen MR) is 124 cm³/mol. The maximum absolute atomic E-state index is 14.6. The first-order valence-corrected chi connectivity index (χ1v) is 11.3. The van der Waals surface area contributed by atoms with Crippen molar-refractivity contribution in [3.8, 4) is 0 Å². The lowest BCUT2D eigenvalue weighted by atomic mass is 9.80. The van der Waals surface area contributed by atoms with E-state index in [9.17, 15) is 19.1 Å². The molecule has 7 heteroatoms. The number of nitrogens with zero attached hydrogens (tertiary/aromatic N) is 2. The van der Waals surface area contributed by atoms with E-state index in [1.807, 2.05) is 0 Å². The van der Waals surface area contributed by atoms with E-state index >= 15 is 0 Å². The number of Topliss-reactive ketones (excluding diaryl/α,β-unsaturated/α-hetero) is 2. The number of rotatable bonds is 7. The molecule has 33 heavy (non-hydrogen) atoms. The zero-order valence-corrected chi connectivity index (χ0v) is 18.7. The van der Waals surface area contributed by atoms with Crippen LogP contribution >= 0.6 is 0 Å². The molecule has 0 bridgehead atoms. The Labute approximate surface area is 192 Å². The monoisotopic (exact) mass is 449 g/mol. The lowest BCUT2D eigenvalue weighted by Gasteiger charge is -2.32. The number of ketones is 2. The molecular formula is C26H28FN3O3. The predicted octanol–water partition coefficient (Wildman–Crippen LogP) is 2.93. The third-order valence-corrected chi connectivity index (χ3v) is 6.30. The van der Waals surface area contributed by atoms with Gasteiger partial charge >= 0.3 is 0 Å². The summed E-state index contributed by atoms with van der Waals surface area (Å²) in [6.45, 7) is 3.46. The first kappa shape index (κ1) is 23.0. The molecule has 1 aromatic heterocycles. The highest BCUT2D eigenvalue weighted by Gasteiger charge is 2.34. The molecule has 0 aliphatic carbocycles. The summed E-state index contributed by atoms with van der Waals surface area (Å²) in [5.74, 6) is -0.945. The van der Waals surface area contributed by atoms with Gasteiger partial charge in [0.05, 0.1) is 6.61 Å². The van der Waals surface area contributed by atoms with Gasteiger partial charge < -0.3 is 15.3 Å². The molecule has 1 aromatic carbocycles.